The van der Waals surface area contributed by atoms with Crippen LogP contribution in [0.25, 0.3) is 10.1 Å². The molecule has 32 heavy (non-hydrogen) atoms. The number of nitrogens with one attached hydrogen (secondary N) is 2. The number of ether oxygens (including phenoxy) is 4. The number of thiophene rings is 1. The van der Waals surface area contributed by atoms with Crippen molar-refractivity contribution in [1.29, 1.82) is 0 Å². The highest BCUT2D eigenvalue weighted by Gasteiger charge is 2.21. The van der Waals surface area contributed by atoms with Crippen LogP contribution in [0.2, 0.25) is 5.02 Å². The summed E-state index contributed by atoms with van der Waals surface area (Å²) in [6, 6.07) is 7.93. The van der Waals surface area contributed by atoms with Crippen LogP contribution < -0.4 is 24.8 Å². The lowest BCUT2D eigenvalue weighted by Crippen LogP contribution is -2.19. The zero-order chi connectivity index (χ0) is 23.3. The molecular formula is C22H23ClN2O6S. The van der Waals surface area contributed by atoms with E-state index in [9.17, 15) is 9.59 Å². The summed E-state index contributed by atoms with van der Waals surface area (Å²) in [5, 5.41) is 6.53. The van der Waals surface area contributed by atoms with Crippen molar-refractivity contribution >= 4 is 56.4 Å². The van der Waals surface area contributed by atoms with Gasteiger partial charge in [-0.25, -0.2) is 9.59 Å². The number of carbonyl (C=O) groups excluding carboxylic acids is 2. The van der Waals surface area contributed by atoms with E-state index in [-0.39, 0.29) is 0 Å². The van der Waals surface area contributed by atoms with E-state index >= 15 is 0 Å². The predicted molar refractivity (Wildman–Crippen MR) is 126 cm³/mol. The lowest BCUT2D eigenvalue weighted by atomic mass is 10.2. The summed E-state index contributed by atoms with van der Waals surface area (Å²) in [5.41, 5.74) is 0.900. The molecule has 170 valence electrons. The lowest BCUT2D eigenvalue weighted by Gasteiger charge is -2.14. The van der Waals surface area contributed by atoms with E-state index in [4.69, 9.17) is 30.5 Å². The van der Waals surface area contributed by atoms with Gasteiger partial charge < -0.3 is 29.6 Å². The molecule has 1 heterocycles. The Bertz CT molecular complexity index is 1150. The van der Waals surface area contributed by atoms with Gasteiger partial charge in [0.25, 0.3) is 0 Å². The van der Waals surface area contributed by atoms with Crippen molar-refractivity contribution in [3.63, 3.8) is 0 Å². The molecule has 0 bridgehead atoms. The zero-order valence-corrected chi connectivity index (χ0v) is 19.6. The molecular weight excluding hydrogens is 456 g/mol. The fraction of sp³-hybridized carbons (Fsp3) is 0.273. The van der Waals surface area contributed by atoms with Crippen LogP contribution in [0.5, 0.6) is 17.2 Å². The highest BCUT2D eigenvalue weighted by Crippen LogP contribution is 2.40. The Hall–Kier alpha value is -3.17. The van der Waals surface area contributed by atoms with Gasteiger partial charge in [-0.2, -0.15) is 0 Å². The second kappa shape index (κ2) is 10.4. The molecule has 1 aromatic heterocycles. The maximum absolute atomic E-state index is 12.6. The summed E-state index contributed by atoms with van der Waals surface area (Å²) < 4.78 is 22.0. The second-order valence-electron chi connectivity index (χ2n) is 6.58. The number of hydrogen-bond acceptors (Lipinski definition) is 7. The molecule has 0 aliphatic heterocycles. The Labute approximate surface area is 194 Å². The Morgan fingerprint density at radius 2 is 1.78 bits per heavy atom. The number of amides is 2. The number of fused-ring (bicyclic) bond motifs is 1. The summed E-state index contributed by atoms with van der Waals surface area (Å²) in [5.74, 6) is 0.811. The number of urea groups is 1. The first-order chi connectivity index (χ1) is 15.4. The molecule has 0 aliphatic carbocycles. The van der Waals surface area contributed by atoms with Crippen LogP contribution in [-0.2, 0) is 4.74 Å². The SMILES string of the molecule is CCCOc1c(C(=O)OC)sc2ccc(NC(=O)Nc3cc(Cl)c(OC)cc3OC)cc12. The molecule has 2 aromatic carbocycles. The monoisotopic (exact) mass is 478 g/mol. The number of halogens is 1. The molecule has 0 saturated carbocycles. The first kappa shape index (κ1) is 23.5. The number of esters is 1. The van der Waals surface area contributed by atoms with Crippen molar-refractivity contribution in [2.75, 3.05) is 38.6 Å². The fourth-order valence-corrected chi connectivity index (χ4v) is 4.26. The molecule has 0 unspecified atom stereocenters. The molecule has 0 fully saturated rings. The van der Waals surface area contributed by atoms with E-state index < -0.39 is 12.0 Å². The third-order valence-corrected chi connectivity index (χ3v) is 5.87. The van der Waals surface area contributed by atoms with E-state index in [2.05, 4.69) is 10.6 Å². The molecule has 2 amide bonds. The minimum Gasteiger partial charge on any atom is -0.495 e. The van der Waals surface area contributed by atoms with E-state index in [0.29, 0.717) is 50.5 Å². The summed E-state index contributed by atoms with van der Waals surface area (Å²) in [7, 11) is 4.30. The number of carbonyl (C=O) groups is 2. The number of benzene rings is 2. The van der Waals surface area contributed by atoms with Gasteiger partial charge in [-0.05, 0) is 30.7 Å². The minimum atomic E-state index is -0.497. The van der Waals surface area contributed by atoms with E-state index in [1.807, 2.05) is 13.0 Å². The van der Waals surface area contributed by atoms with Crippen LogP contribution in [-0.4, -0.2) is 39.9 Å². The molecule has 2 N–H and O–H groups in total. The quantitative estimate of drug-likeness (QED) is 0.398. The van der Waals surface area contributed by atoms with Gasteiger partial charge >= 0.3 is 12.0 Å². The van der Waals surface area contributed by atoms with Gasteiger partial charge in [-0.15, -0.1) is 11.3 Å². The molecule has 10 heteroatoms. The first-order valence-corrected chi connectivity index (χ1v) is 10.9. The van der Waals surface area contributed by atoms with Crippen molar-refractivity contribution < 1.29 is 28.5 Å². The largest absolute Gasteiger partial charge is 0.495 e. The Morgan fingerprint density at radius 3 is 2.44 bits per heavy atom. The van der Waals surface area contributed by atoms with Crippen LogP contribution in [0.3, 0.4) is 0 Å². The summed E-state index contributed by atoms with van der Waals surface area (Å²) in [6.07, 6.45) is 0.782. The maximum Gasteiger partial charge on any atom is 0.351 e. The van der Waals surface area contributed by atoms with Crippen LogP contribution in [0.15, 0.2) is 30.3 Å². The van der Waals surface area contributed by atoms with Crippen LogP contribution >= 0.6 is 22.9 Å². The highest BCUT2D eigenvalue weighted by atomic mass is 35.5. The topological polar surface area (TPSA) is 95.1 Å². The standard InChI is InChI=1S/C22H23ClN2O6S/c1-5-8-31-19-13-9-12(6-7-18(13)32-20(19)21(26)30-4)24-22(27)25-15-10-14(23)16(28-2)11-17(15)29-3/h6-7,9-11H,5,8H2,1-4H3,(H2,24,25,27). The number of anilines is 2. The molecule has 0 atom stereocenters. The van der Waals surface area contributed by atoms with E-state index in [1.165, 1.54) is 32.7 Å². The van der Waals surface area contributed by atoms with Gasteiger partial charge in [-0.1, -0.05) is 18.5 Å². The van der Waals surface area contributed by atoms with Gasteiger partial charge in [0.05, 0.1) is 38.6 Å². The number of rotatable bonds is 8. The zero-order valence-electron chi connectivity index (χ0n) is 18.0. The van der Waals surface area contributed by atoms with Crippen LogP contribution in [0.1, 0.15) is 23.0 Å². The van der Waals surface area contributed by atoms with Crippen molar-refractivity contribution in [3.8, 4) is 17.2 Å². The smallest absolute Gasteiger partial charge is 0.351 e. The van der Waals surface area contributed by atoms with Gasteiger partial charge in [0, 0.05) is 21.8 Å². The Kier molecular flexibility index (Phi) is 7.66. The van der Waals surface area contributed by atoms with Crippen molar-refractivity contribution in [1.82, 2.24) is 0 Å². The number of hydrogen-bond donors (Lipinski definition) is 2. The van der Waals surface area contributed by atoms with Gasteiger partial charge in [0.1, 0.15) is 11.5 Å². The van der Waals surface area contributed by atoms with Crippen LogP contribution in [0, 0.1) is 0 Å². The predicted octanol–water partition coefficient (Wildman–Crippen LogP) is 5.79. The molecule has 8 nitrogen and oxygen atoms in total. The number of methoxy groups -OCH3 is 3. The third-order valence-electron chi connectivity index (χ3n) is 4.44. The van der Waals surface area contributed by atoms with Crippen molar-refractivity contribution in [2.24, 2.45) is 0 Å². The third kappa shape index (κ3) is 5.00. The normalized spacial score (nSPS) is 10.5. The maximum atomic E-state index is 12.6. The van der Waals surface area contributed by atoms with Gasteiger partial charge in [-0.3, -0.25) is 0 Å². The summed E-state index contributed by atoms with van der Waals surface area (Å²) in [4.78, 5) is 25.2. The van der Waals surface area contributed by atoms with Gasteiger partial charge in [0.2, 0.25) is 0 Å². The molecule has 0 saturated heterocycles. The van der Waals surface area contributed by atoms with Crippen LogP contribution in [0.4, 0.5) is 16.2 Å². The van der Waals surface area contributed by atoms with Gasteiger partial charge in [0.15, 0.2) is 10.6 Å². The average molecular weight is 479 g/mol. The van der Waals surface area contributed by atoms with Crippen molar-refractivity contribution in [3.05, 3.63) is 40.2 Å². The summed E-state index contributed by atoms with van der Waals surface area (Å²) in [6.45, 7) is 2.43. The molecule has 0 aliphatic rings. The molecule has 3 rings (SSSR count). The minimum absolute atomic E-state index is 0.330. The van der Waals surface area contributed by atoms with E-state index in [1.54, 1.807) is 24.3 Å². The molecule has 3 aromatic rings. The second-order valence-corrected chi connectivity index (χ2v) is 8.04. The molecule has 0 spiro atoms. The Balaban J connectivity index is 1.86. The highest BCUT2D eigenvalue weighted by molar-refractivity contribution is 7.21. The fourth-order valence-electron chi connectivity index (χ4n) is 2.97. The molecule has 0 radical (unpaired) electrons. The summed E-state index contributed by atoms with van der Waals surface area (Å²) >= 11 is 7.44. The lowest BCUT2D eigenvalue weighted by molar-refractivity contribution is 0.0602. The van der Waals surface area contributed by atoms with Crippen molar-refractivity contribution in [2.45, 2.75) is 13.3 Å². The Morgan fingerprint density at radius 1 is 1.03 bits per heavy atom. The average Bonchev–Trinajstić information content (AvgIpc) is 3.15. The first-order valence-electron chi connectivity index (χ1n) is 9.69. The van der Waals surface area contributed by atoms with E-state index in [0.717, 1.165) is 11.1 Å².